The minimum atomic E-state index is -1.09. The number of esters is 1. The first-order valence-electron chi connectivity index (χ1n) is 9.08. The van der Waals surface area contributed by atoms with Gasteiger partial charge in [-0.2, -0.15) is 0 Å². The monoisotopic (exact) mass is 366 g/mol. The number of carbonyl (C=O) groups is 1. The van der Waals surface area contributed by atoms with E-state index < -0.39 is 18.3 Å². The normalized spacial score (nSPS) is 15.0. The molecule has 26 heavy (non-hydrogen) atoms. The number of hydrogen-bond donors (Lipinski definition) is 3. The van der Waals surface area contributed by atoms with Gasteiger partial charge in [-0.25, -0.2) is 9.97 Å². The maximum absolute atomic E-state index is 11.1. The van der Waals surface area contributed by atoms with Crippen molar-refractivity contribution in [3.8, 4) is 0 Å². The Bertz CT molecular complexity index is 565. The average Bonchev–Trinajstić information content (AvgIpc) is 2.66. The molecule has 146 valence electrons. The van der Waals surface area contributed by atoms with E-state index in [2.05, 4.69) is 21.6 Å². The predicted octanol–water partition coefficient (Wildman–Crippen LogP) is 2.17. The van der Waals surface area contributed by atoms with Gasteiger partial charge in [0.25, 0.3) is 0 Å². The van der Waals surface area contributed by atoms with Gasteiger partial charge in [0, 0.05) is 18.2 Å². The van der Waals surface area contributed by atoms with Gasteiger partial charge < -0.3 is 20.1 Å². The fourth-order valence-electron chi connectivity index (χ4n) is 2.54. The summed E-state index contributed by atoms with van der Waals surface area (Å²) in [7, 11) is 1.31. The van der Waals surface area contributed by atoms with E-state index in [4.69, 9.17) is 0 Å². The fourth-order valence-corrected chi connectivity index (χ4v) is 2.54. The lowest BCUT2D eigenvalue weighted by Crippen LogP contribution is -2.23. The summed E-state index contributed by atoms with van der Waals surface area (Å²) in [6.07, 6.45) is 7.78. The summed E-state index contributed by atoms with van der Waals surface area (Å²) in [6, 6.07) is 0. The van der Waals surface area contributed by atoms with Crippen LogP contribution in [0.5, 0.6) is 0 Å². The standard InChI is InChI=1S/C19H30N2O5/c1-3-4-5-7-17(24)19-14(12-20-13-21-19)10-11-16(23)15(22)8-6-9-18(25)26-2/h10-13,15-17,22-24H,3-9H2,1-2H3/b11-10+/t15-,16+,17+/m0/s1. The Kier molecular flexibility index (Phi) is 10.7. The van der Waals surface area contributed by atoms with Crippen molar-refractivity contribution in [3.63, 3.8) is 0 Å². The summed E-state index contributed by atoms with van der Waals surface area (Å²) in [6.45, 7) is 2.10. The van der Waals surface area contributed by atoms with Gasteiger partial charge in [-0.3, -0.25) is 4.79 Å². The molecule has 0 unspecified atom stereocenters. The quantitative estimate of drug-likeness (QED) is 0.384. The summed E-state index contributed by atoms with van der Waals surface area (Å²) < 4.78 is 4.53. The molecule has 1 heterocycles. The van der Waals surface area contributed by atoms with E-state index in [0.29, 0.717) is 24.1 Å². The molecule has 0 spiro atoms. The van der Waals surface area contributed by atoms with Crippen molar-refractivity contribution in [1.29, 1.82) is 0 Å². The maximum atomic E-state index is 11.1. The number of nitrogens with zero attached hydrogens (tertiary/aromatic N) is 2. The van der Waals surface area contributed by atoms with Crippen molar-refractivity contribution in [2.75, 3.05) is 7.11 Å². The van der Waals surface area contributed by atoms with Gasteiger partial charge in [-0.1, -0.05) is 38.3 Å². The second kappa shape index (κ2) is 12.5. The van der Waals surface area contributed by atoms with Gasteiger partial charge in [0.1, 0.15) is 6.33 Å². The lowest BCUT2D eigenvalue weighted by molar-refractivity contribution is -0.140. The van der Waals surface area contributed by atoms with Gasteiger partial charge in [0.15, 0.2) is 0 Å². The highest BCUT2D eigenvalue weighted by Crippen LogP contribution is 2.22. The summed E-state index contributed by atoms with van der Waals surface area (Å²) in [5.41, 5.74) is 1.12. The van der Waals surface area contributed by atoms with E-state index in [9.17, 15) is 20.1 Å². The zero-order valence-corrected chi connectivity index (χ0v) is 15.5. The Morgan fingerprint density at radius 2 is 2.00 bits per heavy atom. The summed E-state index contributed by atoms with van der Waals surface area (Å²) in [4.78, 5) is 19.2. The number of unbranched alkanes of at least 4 members (excludes halogenated alkanes) is 2. The average molecular weight is 366 g/mol. The van der Waals surface area contributed by atoms with Crippen LogP contribution in [0.15, 0.2) is 18.6 Å². The Morgan fingerprint density at radius 1 is 1.23 bits per heavy atom. The molecule has 0 saturated carbocycles. The number of rotatable bonds is 12. The third-order valence-electron chi connectivity index (χ3n) is 4.15. The van der Waals surface area contributed by atoms with E-state index in [1.165, 1.54) is 19.5 Å². The van der Waals surface area contributed by atoms with Crippen LogP contribution in [-0.4, -0.2) is 50.6 Å². The number of ether oxygens (including phenoxy) is 1. The van der Waals surface area contributed by atoms with Crippen molar-refractivity contribution >= 4 is 12.0 Å². The third kappa shape index (κ3) is 8.03. The van der Waals surface area contributed by atoms with E-state index in [-0.39, 0.29) is 18.8 Å². The van der Waals surface area contributed by atoms with Crippen LogP contribution < -0.4 is 0 Å². The van der Waals surface area contributed by atoms with Crippen LogP contribution in [0.4, 0.5) is 0 Å². The highest BCUT2D eigenvalue weighted by atomic mass is 16.5. The van der Waals surface area contributed by atoms with Crippen LogP contribution in [0.25, 0.3) is 6.08 Å². The first-order valence-corrected chi connectivity index (χ1v) is 9.08. The van der Waals surface area contributed by atoms with E-state index >= 15 is 0 Å². The van der Waals surface area contributed by atoms with Crippen molar-refractivity contribution < 1.29 is 24.9 Å². The first kappa shape index (κ1) is 22.2. The third-order valence-corrected chi connectivity index (χ3v) is 4.15. The second-order valence-electron chi connectivity index (χ2n) is 6.26. The molecule has 0 bridgehead atoms. The minimum Gasteiger partial charge on any atom is -0.469 e. The van der Waals surface area contributed by atoms with Crippen molar-refractivity contribution in [2.45, 2.75) is 70.2 Å². The summed E-state index contributed by atoms with van der Waals surface area (Å²) in [5.74, 6) is -0.342. The van der Waals surface area contributed by atoms with Crippen LogP contribution in [0, 0.1) is 0 Å². The minimum absolute atomic E-state index is 0.199. The highest BCUT2D eigenvalue weighted by Gasteiger charge is 2.16. The Hall–Kier alpha value is -1.83. The van der Waals surface area contributed by atoms with Crippen molar-refractivity contribution in [2.24, 2.45) is 0 Å². The zero-order valence-electron chi connectivity index (χ0n) is 15.5. The van der Waals surface area contributed by atoms with Crippen LogP contribution in [-0.2, 0) is 9.53 Å². The number of hydrogen-bond acceptors (Lipinski definition) is 7. The molecule has 7 nitrogen and oxygen atoms in total. The molecule has 0 aliphatic heterocycles. The number of aliphatic hydroxyl groups excluding tert-OH is 3. The van der Waals surface area contributed by atoms with Gasteiger partial charge in [-0.05, 0) is 19.3 Å². The molecule has 1 aromatic rings. The Morgan fingerprint density at radius 3 is 2.69 bits per heavy atom. The molecule has 3 N–H and O–H groups in total. The maximum Gasteiger partial charge on any atom is 0.305 e. The van der Waals surface area contributed by atoms with Crippen LogP contribution >= 0.6 is 0 Å². The number of carbonyl (C=O) groups excluding carboxylic acids is 1. The van der Waals surface area contributed by atoms with E-state index in [1.54, 1.807) is 12.3 Å². The zero-order chi connectivity index (χ0) is 19.4. The number of aromatic nitrogens is 2. The molecular formula is C19H30N2O5. The topological polar surface area (TPSA) is 113 Å². The molecule has 0 amide bonds. The van der Waals surface area contributed by atoms with Gasteiger partial charge in [0.05, 0.1) is 31.1 Å². The van der Waals surface area contributed by atoms with Gasteiger partial charge in [-0.15, -0.1) is 0 Å². The molecule has 0 aromatic carbocycles. The van der Waals surface area contributed by atoms with Crippen LogP contribution in [0.3, 0.4) is 0 Å². The first-order chi connectivity index (χ1) is 12.5. The molecule has 0 radical (unpaired) electrons. The molecule has 0 fully saturated rings. The van der Waals surface area contributed by atoms with E-state index in [0.717, 1.165) is 19.3 Å². The molecular weight excluding hydrogens is 336 g/mol. The molecule has 0 saturated heterocycles. The largest absolute Gasteiger partial charge is 0.469 e. The molecule has 0 aliphatic carbocycles. The lowest BCUT2D eigenvalue weighted by atomic mass is 10.0. The van der Waals surface area contributed by atoms with E-state index in [1.807, 2.05) is 0 Å². The Balaban J connectivity index is 2.62. The predicted molar refractivity (Wildman–Crippen MR) is 98.0 cm³/mol. The van der Waals surface area contributed by atoms with Gasteiger partial charge >= 0.3 is 5.97 Å². The second-order valence-corrected chi connectivity index (χ2v) is 6.26. The van der Waals surface area contributed by atoms with Crippen LogP contribution in [0.1, 0.15) is 69.2 Å². The van der Waals surface area contributed by atoms with Gasteiger partial charge in [0.2, 0.25) is 0 Å². The number of methoxy groups -OCH3 is 1. The molecule has 0 aliphatic rings. The number of aliphatic hydroxyl groups is 3. The molecule has 1 rings (SSSR count). The molecule has 7 heteroatoms. The van der Waals surface area contributed by atoms with Crippen molar-refractivity contribution in [3.05, 3.63) is 29.9 Å². The summed E-state index contributed by atoms with van der Waals surface area (Å²) in [5, 5.41) is 30.3. The Labute approximate surface area is 154 Å². The smallest absolute Gasteiger partial charge is 0.305 e. The summed E-state index contributed by atoms with van der Waals surface area (Å²) >= 11 is 0. The lowest BCUT2D eigenvalue weighted by Gasteiger charge is -2.15. The highest BCUT2D eigenvalue weighted by molar-refractivity contribution is 5.69. The SMILES string of the molecule is CCCCC[C@@H](O)c1ncncc1/C=C/[C@@H](O)[C@@H](O)CCCC(=O)OC. The molecule has 3 atom stereocenters. The van der Waals surface area contributed by atoms with Crippen LogP contribution in [0.2, 0.25) is 0 Å². The van der Waals surface area contributed by atoms with Crippen molar-refractivity contribution in [1.82, 2.24) is 9.97 Å². The fraction of sp³-hybridized carbons (Fsp3) is 0.632. The molecule has 1 aromatic heterocycles.